The SMILES string of the molecule is Cc1ccc(F)cc1Cn1nnc(C(=O)O)c1C(F)F. The molecule has 8 heteroatoms. The molecule has 0 atom stereocenters. The van der Waals surface area contributed by atoms with Gasteiger partial charge < -0.3 is 5.11 Å². The molecule has 0 aliphatic heterocycles. The molecule has 0 aliphatic rings. The highest BCUT2D eigenvalue weighted by molar-refractivity contribution is 5.86. The van der Waals surface area contributed by atoms with E-state index in [0.29, 0.717) is 11.1 Å². The lowest BCUT2D eigenvalue weighted by molar-refractivity contribution is 0.0675. The summed E-state index contributed by atoms with van der Waals surface area (Å²) >= 11 is 0. The second-order valence-electron chi connectivity index (χ2n) is 4.16. The molecular formula is C12H10F3N3O2. The first-order valence-corrected chi connectivity index (χ1v) is 5.60. The first-order chi connectivity index (χ1) is 9.40. The summed E-state index contributed by atoms with van der Waals surface area (Å²) in [5.74, 6) is -2.09. The van der Waals surface area contributed by atoms with Gasteiger partial charge in [-0.25, -0.2) is 22.6 Å². The van der Waals surface area contributed by atoms with Gasteiger partial charge in [0.05, 0.1) is 6.54 Å². The lowest BCUT2D eigenvalue weighted by Crippen LogP contribution is -2.10. The zero-order valence-electron chi connectivity index (χ0n) is 10.3. The Labute approximate surface area is 111 Å². The molecule has 1 heterocycles. The van der Waals surface area contributed by atoms with Crippen molar-refractivity contribution >= 4 is 5.97 Å². The molecular weight excluding hydrogens is 275 g/mol. The van der Waals surface area contributed by atoms with Gasteiger partial charge in [0.2, 0.25) is 0 Å². The van der Waals surface area contributed by atoms with Crippen LogP contribution in [0.1, 0.15) is 33.7 Å². The maximum atomic E-state index is 13.2. The maximum absolute atomic E-state index is 13.2. The van der Waals surface area contributed by atoms with E-state index in [1.54, 1.807) is 6.92 Å². The van der Waals surface area contributed by atoms with E-state index in [1.807, 2.05) is 0 Å². The van der Waals surface area contributed by atoms with Gasteiger partial charge in [-0.1, -0.05) is 11.3 Å². The van der Waals surface area contributed by atoms with Gasteiger partial charge in [-0.05, 0) is 30.2 Å². The molecule has 0 radical (unpaired) electrons. The van der Waals surface area contributed by atoms with Gasteiger partial charge in [-0.3, -0.25) is 0 Å². The van der Waals surface area contributed by atoms with E-state index >= 15 is 0 Å². The molecule has 2 aromatic rings. The number of aromatic nitrogens is 3. The fourth-order valence-corrected chi connectivity index (χ4v) is 1.78. The molecule has 0 fully saturated rings. The summed E-state index contributed by atoms with van der Waals surface area (Å²) in [6, 6.07) is 3.94. The lowest BCUT2D eigenvalue weighted by Gasteiger charge is -2.09. The zero-order valence-corrected chi connectivity index (χ0v) is 10.3. The number of hydrogen-bond acceptors (Lipinski definition) is 3. The Kier molecular flexibility index (Phi) is 3.73. The fraction of sp³-hybridized carbons (Fsp3) is 0.250. The number of carboxylic acid groups (broad SMARTS) is 1. The molecule has 0 saturated heterocycles. The summed E-state index contributed by atoms with van der Waals surface area (Å²) in [6.45, 7) is 1.51. The summed E-state index contributed by atoms with van der Waals surface area (Å²) in [5.41, 5.74) is -0.483. The van der Waals surface area contributed by atoms with Crippen LogP contribution in [-0.4, -0.2) is 26.1 Å². The predicted octanol–water partition coefficient (Wildman–Crippen LogP) is 2.41. The Bertz CT molecular complexity index is 655. The van der Waals surface area contributed by atoms with Crippen molar-refractivity contribution < 1.29 is 23.1 Å². The molecule has 0 unspecified atom stereocenters. The zero-order chi connectivity index (χ0) is 14.9. The molecule has 1 aromatic carbocycles. The number of alkyl halides is 2. The third-order valence-corrected chi connectivity index (χ3v) is 2.81. The van der Waals surface area contributed by atoms with Crippen molar-refractivity contribution in [2.45, 2.75) is 19.9 Å². The van der Waals surface area contributed by atoms with Gasteiger partial charge in [0.25, 0.3) is 6.43 Å². The summed E-state index contributed by atoms with van der Waals surface area (Å²) < 4.78 is 39.8. The van der Waals surface area contributed by atoms with Gasteiger partial charge in [-0.2, -0.15) is 0 Å². The number of aryl methyl sites for hydroxylation is 1. The van der Waals surface area contributed by atoms with Crippen LogP contribution in [0.15, 0.2) is 18.2 Å². The molecule has 0 spiro atoms. The monoisotopic (exact) mass is 285 g/mol. The number of halogens is 3. The largest absolute Gasteiger partial charge is 0.476 e. The van der Waals surface area contributed by atoms with E-state index in [-0.39, 0.29) is 6.54 Å². The molecule has 106 valence electrons. The molecule has 0 saturated carbocycles. The standard InChI is InChI=1S/C12H10F3N3O2/c1-6-2-3-8(13)4-7(6)5-18-10(11(14)15)9(12(19)20)16-17-18/h2-4,11H,5H2,1H3,(H,19,20). The molecule has 1 aromatic heterocycles. The average molecular weight is 285 g/mol. The third kappa shape index (κ3) is 2.63. The number of carbonyl (C=O) groups is 1. The predicted molar refractivity (Wildman–Crippen MR) is 62.2 cm³/mol. The highest BCUT2D eigenvalue weighted by Crippen LogP contribution is 2.23. The van der Waals surface area contributed by atoms with Gasteiger partial charge in [0.1, 0.15) is 11.5 Å². The average Bonchev–Trinajstić information content (AvgIpc) is 2.78. The van der Waals surface area contributed by atoms with Crippen molar-refractivity contribution in [3.05, 3.63) is 46.5 Å². The lowest BCUT2D eigenvalue weighted by atomic mass is 10.1. The van der Waals surface area contributed by atoms with Gasteiger partial charge in [0.15, 0.2) is 5.69 Å². The first-order valence-electron chi connectivity index (χ1n) is 5.60. The van der Waals surface area contributed by atoms with E-state index in [1.165, 1.54) is 18.2 Å². The molecule has 0 amide bonds. The molecule has 0 aliphatic carbocycles. The summed E-state index contributed by atoms with van der Waals surface area (Å²) in [4.78, 5) is 10.8. The number of carboxylic acids is 1. The van der Waals surface area contributed by atoms with Crippen molar-refractivity contribution in [3.63, 3.8) is 0 Å². The smallest absolute Gasteiger partial charge is 0.358 e. The van der Waals surface area contributed by atoms with Crippen molar-refractivity contribution in [2.24, 2.45) is 0 Å². The Morgan fingerprint density at radius 1 is 1.45 bits per heavy atom. The number of aromatic carboxylic acids is 1. The number of rotatable bonds is 4. The number of benzene rings is 1. The quantitative estimate of drug-likeness (QED) is 0.936. The molecule has 0 bridgehead atoms. The van der Waals surface area contributed by atoms with E-state index in [0.717, 1.165) is 4.68 Å². The van der Waals surface area contributed by atoms with Crippen LogP contribution >= 0.6 is 0 Å². The van der Waals surface area contributed by atoms with Crippen molar-refractivity contribution in [1.82, 2.24) is 15.0 Å². The molecule has 5 nitrogen and oxygen atoms in total. The van der Waals surface area contributed by atoms with Crippen molar-refractivity contribution in [1.29, 1.82) is 0 Å². The normalized spacial score (nSPS) is 11.1. The van der Waals surface area contributed by atoms with E-state index in [4.69, 9.17) is 5.11 Å². The van der Waals surface area contributed by atoms with Crippen LogP contribution in [0.4, 0.5) is 13.2 Å². The summed E-state index contributed by atoms with van der Waals surface area (Å²) in [5, 5.41) is 15.4. The Morgan fingerprint density at radius 2 is 2.15 bits per heavy atom. The van der Waals surface area contributed by atoms with E-state index < -0.39 is 29.6 Å². The van der Waals surface area contributed by atoms with Crippen LogP contribution in [0.5, 0.6) is 0 Å². The topological polar surface area (TPSA) is 68.0 Å². The third-order valence-electron chi connectivity index (χ3n) is 2.81. The van der Waals surface area contributed by atoms with Crippen molar-refractivity contribution in [2.75, 3.05) is 0 Å². The van der Waals surface area contributed by atoms with Gasteiger partial charge in [-0.15, -0.1) is 5.10 Å². The minimum Gasteiger partial charge on any atom is -0.476 e. The summed E-state index contributed by atoms with van der Waals surface area (Å²) in [6.07, 6.45) is -3.04. The second-order valence-corrected chi connectivity index (χ2v) is 4.16. The van der Waals surface area contributed by atoms with E-state index in [2.05, 4.69) is 10.3 Å². The van der Waals surface area contributed by atoms with Crippen LogP contribution in [0.3, 0.4) is 0 Å². The molecule has 1 N–H and O–H groups in total. The van der Waals surface area contributed by atoms with Crippen LogP contribution in [-0.2, 0) is 6.54 Å². The second kappa shape index (κ2) is 5.32. The Hall–Kier alpha value is -2.38. The highest BCUT2D eigenvalue weighted by atomic mass is 19.3. The maximum Gasteiger partial charge on any atom is 0.358 e. The summed E-state index contributed by atoms with van der Waals surface area (Å²) in [7, 11) is 0. The van der Waals surface area contributed by atoms with Gasteiger partial charge in [0, 0.05) is 0 Å². The number of hydrogen-bond donors (Lipinski definition) is 1. The fourth-order valence-electron chi connectivity index (χ4n) is 1.78. The van der Waals surface area contributed by atoms with Crippen LogP contribution in [0.25, 0.3) is 0 Å². The van der Waals surface area contributed by atoms with Crippen LogP contribution in [0.2, 0.25) is 0 Å². The Morgan fingerprint density at radius 3 is 2.75 bits per heavy atom. The minimum absolute atomic E-state index is 0.177. The number of nitrogens with zero attached hydrogens (tertiary/aromatic N) is 3. The molecule has 2 rings (SSSR count). The minimum atomic E-state index is -3.04. The first kappa shape index (κ1) is 14.0. The highest BCUT2D eigenvalue weighted by Gasteiger charge is 2.26. The molecule has 20 heavy (non-hydrogen) atoms. The van der Waals surface area contributed by atoms with Crippen molar-refractivity contribution in [3.8, 4) is 0 Å². The Balaban J connectivity index is 2.43. The van der Waals surface area contributed by atoms with Gasteiger partial charge >= 0.3 is 5.97 Å². The van der Waals surface area contributed by atoms with Crippen LogP contribution < -0.4 is 0 Å². The van der Waals surface area contributed by atoms with Crippen LogP contribution in [0, 0.1) is 12.7 Å². The van der Waals surface area contributed by atoms with E-state index in [9.17, 15) is 18.0 Å².